The van der Waals surface area contributed by atoms with Crippen LogP contribution in [0.4, 0.5) is 0 Å². The van der Waals surface area contributed by atoms with Crippen molar-refractivity contribution in [2.75, 3.05) is 7.11 Å². The monoisotopic (exact) mass is 455 g/mol. The summed E-state index contributed by atoms with van der Waals surface area (Å²) < 4.78 is 6.52. The van der Waals surface area contributed by atoms with Crippen LogP contribution in [0.15, 0.2) is 51.4 Å². The summed E-state index contributed by atoms with van der Waals surface area (Å²) >= 11 is 6.61. The SMILES string of the molecule is COc1ccc(C[C@H](NC(=O)c2cc(Br)cc(Br)c2)C(=O)O)cc1. The van der Waals surface area contributed by atoms with Crippen LogP contribution in [0.1, 0.15) is 15.9 Å². The molecule has 126 valence electrons. The lowest BCUT2D eigenvalue weighted by molar-refractivity contribution is -0.139. The van der Waals surface area contributed by atoms with E-state index in [1.54, 1.807) is 49.6 Å². The number of carbonyl (C=O) groups is 2. The van der Waals surface area contributed by atoms with Crippen molar-refractivity contribution >= 4 is 43.7 Å². The maximum atomic E-state index is 12.3. The van der Waals surface area contributed by atoms with E-state index in [2.05, 4.69) is 37.2 Å². The van der Waals surface area contributed by atoms with Crippen LogP contribution in [0.2, 0.25) is 0 Å². The first kappa shape index (κ1) is 18.5. The molecule has 2 aromatic rings. The van der Waals surface area contributed by atoms with Gasteiger partial charge in [0.15, 0.2) is 0 Å². The minimum atomic E-state index is -1.09. The molecule has 2 N–H and O–H groups in total. The van der Waals surface area contributed by atoms with Crippen LogP contribution in [0, 0.1) is 0 Å². The molecule has 0 unspecified atom stereocenters. The Balaban J connectivity index is 2.12. The van der Waals surface area contributed by atoms with Crippen molar-refractivity contribution < 1.29 is 19.4 Å². The van der Waals surface area contributed by atoms with E-state index in [1.165, 1.54) is 0 Å². The molecule has 5 nitrogen and oxygen atoms in total. The fourth-order valence-electron chi connectivity index (χ4n) is 2.12. The Bertz CT molecular complexity index is 727. The summed E-state index contributed by atoms with van der Waals surface area (Å²) in [4.78, 5) is 23.8. The van der Waals surface area contributed by atoms with Gasteiger partial charge in [0.2, 0.25) is 0 Å². The molecule has 7 heteroatoms. The van der Waals surface area contributed by atoms with Gasteiger partial charge in [-0.25, -0.2) is 4.79 Å². The molecule has 2 aromatic carbocycles. The first-order chi connectivity index (χ1) is 11.4. The second kappa shape index (κ2) is 8.30. The van der Waals surface area contributed by atoms with E-state index >= 15 is 0 Å². The Morgan fingerprint density at radius 1 is 1.12 bits per heavy atom. The van der Waals surface area contributed by atoms with E-state index in [-0.39, 0.29) is 6.42 Å². The smallest absolute Gasteiger partial charge is 0.326 e. The van der Waals surface area contributed by atoms with Gasteiger partial charge < -0.3 is 15.2 Å². The van der Waals surface area contributed by atoms with Gasteiger partial charge in [0.1, 0.15) is 11.8 Å². The summed E-state index contributed by atoms with van der Waals surface area (Å²) in [5.74, 6) is -0.847. The fraction of sp³-hybridized carbons (Fsp3) is 0.176. The molecule has 1 amide bonds. The minimum Gasteiger partial charge on any atom is -0.497 e. The number of rotatable bonds is 6. The number of benzene rings is 2. The van der Waals surface area contributed by atoms with Gasteiger partial charge in [0, 0.05) is 20.9 Å². The molecule has 0 saturated carbocycles. The molecule has 24 heavy (non-hydrogen) atoms. The highest BCUT2D eigenvalue weighted by Crippen LogP contribution is 2.20. The number of halogens is 2. The van der Waals surface area contributed by atoms with Crippen LogP contribution >= 0.6 is 31.9 Å². The molecule has 0 aromatic heterocycles. The van der Waals surface area contributed by atoms with Crippen molar-refractivity contribution in [1.29, 1.82) is 0 Å². The third-order valence-corrected chi connectivity index (χ3v) is 4.24. The maximum absolute atomic E-state index is 12.3. The van der Waals surface area contributed by atoms with Crippen molar-refractivity contribution in [3.8, 4) is 5.75 Å². The molecular weight excluding hydrogens is 442 g/mol. The first-order valence-electron chi connectivity index (χ1n) is 7.01. The molecule has 0 heterocycles. The Kier molecular flexibility index (Phi) is 6.39. The lowest BCUT2D eigenvalue weighted by atomic mass is 10.1. The largest absolute Gasteiger partial charge is 0.497 e. The van der Waals surface area contributed by atoms with Crippen molar-refractivity contribution in [1.82, 2.24) is 5.32 Å². The molecule has 1 atom stereocenters. The Hall–Kier alpha value is -1.86. The van der Waals surface area contributed by atoms with Gasteiger partial charge in [0.25, 0.3) is 5.91 Å². The van der Waals surface area contributed by atoms with E-state index in [1.807, 2.05) is 0 Å². The standard InChI is InChI=1S/C17H15Br2NO4/c1-24-14-4-2-10(3-5-14)6-15(17(22)23)20-16(21)11-7-12(18)9-13(19)8-11/h2-5,7-9,15H,6H2,1H3,(H,20,21)(H,22,23)/t15-/m0/s1. The average Bonchev–Trinajstić information content (AvgIpc) is 2.53. The van der Waals surface area contributed by atoms with Gasteiger partial charge in [-0.1, -0.05) is 44.0 Å². The number of ether oxygens (including phenoxy) is 1. The summed E-state index contributed by atoms with van der Waals surface area (Å²) in [6.45, 7) is 0. The van der Waals surface area contributed by atoms with Gasteiger partial charge in [-0.3, -0.25) is 4.79 Å². The van der Waals surface area contributed by atoms with Crippen molar-refractivity contribution in [3.63, 3.8) is 0 Å². The third-order valence-electron chi connectivity index (χ3n) is 3.33. The molecule has 2 rings (SSSR count). The normalized spacial score (nSPS) is 11.6. The molecule has 0 saturated heterocycles. The Morgan fingerprint density at radius 3 is 2.21 bits per heavy atom. The highest BCUT2D eigenvalue weighted by Gasteiger charge is 2.21. The number of carbonyl (C=O) groups excluding carboxylic acids is 1. The van der Waals surface area contributed by atoms with Crippen LogP contribution in [0.5, 0.6) is 5.75 Å². The van der Waals surface area contributed by atoms with E-state index in [0.717, 1.165) is 14.5 Å². The number of amides is 1. The fourth-order valence-corrected chi connectivity index (χ4v) is 3.42. The summed E-state index contributed by atoms with van der Waals surface area (Å²) in [5.41, 5.74) is 1.16. The zero-order chi connectivity index (χ0) is 17.7. The summed E-state index contributed by atoms with van der Waals surface area (Å²) in [5, 5.41) is 11.9. The first-order valence-corrected chi connectivity index (χ1v) is 8.60. The second-order valence-electron chi connectivity index (χ2n) is 5.07. The Labute approximate surface area is 156 Å². The van der Waals surface area contributed by atoms with Gasteiger partial charge in [0.05, 0.1) is 7.11 Å². The van der Waals surface area contributed by atoms with Gasteiger partial charge >= 0.3 is 5.97 Å². The number of nitrogens with one attached hydrogen (secondary N) is 1. The number of carboxylic acids is 1. The van der Waals surface area contributed by atoms with Gasteiger partial charge in [-0.05, 0) is 35.9 Å². The van der Waals surface area contributed by atoms with Crippen LogP contribution in [0.25, 0.3) is 0 Å². The van der Waals surface area contributed by atoms with E-state index in [0.29, 0.717) is 11.3 Å². The van der Waals surface area contributed by atoms with Gasteiger partial charge in [-0.2, -0.15) is 0 Å². The number of methoxy groups -OCH3 is 1. The number of aliphatic carboxylic acids is 1. The topological polar surface area (TPSA) is 75.6 Å². The van der Waals surface area contributed by atoms with Gasteiger partial charge in [-0.15, -0.1) is 0 Å². The number of hydrogen-bond donors (Lipinski definition) is 2. The van der Waals surface area contributed by atoms with Crippen LogP contribution in [-0.2, 0) is 11.2 Å². The minimum absolute atomic E-state index is 0.181. The summed E-state index contributed by atoms with van der Waals surface area (Å²) in [7, 11) is 1.56. The molecule has 0 fully saturated rings. The lowest BCUT2D eigenvalue weighted by Crippen LogP contribution is -2.42. The molecule has 0 aliphatic rings. The van der Waals surface area contributed by atoms with E-state index in [4.69, 9.17) is 4.74 Å². The molecule has 0 spiro atoms. The summed E-state index contributed by atoms with van der Waals surface area (Å²) in [6, 6.07) is 11.1. The molecule has 0 aliphatic heterocycles. The molecule has 0 radical (unpaired) electrons. The van der Waals surface area contributed by atoms with Crippen LogP contribution in [-0.4, -0.2) is 30.1 Å². The predicted octanol–water partition coefficient (Wildman–Crippen LogP) is 3.65. The lowest BCUT2D eigenvalue weighted by Gasteiger charge is -2.15. The van der Waals surface area contributed by atoms with E-state index < -0.39 is 17.9 Å². The zero-order valence-corrected chi connectivity index (χ0v) is 15.9. The van der Waals surface area contributed by atoms with Crippen LogP contribution in [0.3, 0.4) is 0 Å². The molecule has 0 bridgehead atoms. The quantitative estimate of drug-likeness (QED) is 0.695. The number of carboxylic acid groups (broad SMARTS) is 1. The molecular formula is C17H15Br2NO4. The third kappa shape index (κ3) is 5.07. The van der Waals surface area contributed by atoms with Crippen molar-refractivity contribution in [2.24, 2.45) is 0 Å². The average molecular weight is 457 g/mol. The maximum Gasteiger partial charge on any atom is 0.326 e. The predicted molar refractivity (Wildman–Crippen MR) is 97.4 cm³/mol. The molecule has 0 aliphatic carbocycles. The number of hydrogen-bond acceptors (Lipinski definition) is 3. The zero-order valence-electron chi connectivity index (χ0n) is 12.8. The van der Waals surface area contributed by atoms with E-state index in [9.17, 15) is 14.7 Å². The van der Waals surface area contributed by atoms with Crippen LogP contribution < -0.4 is 10.1 Å². The van der Waals surface area contributed by atoms with Crippen molar-refractivity contribution in [3.05, 3.63) is 62.5 Å². The second-order valence-corrected chi connectivity index (χ2v) is 6.91. The van der Waals surface area contributed by atoms with Crippen molar-refractivity contribution in [2.45, 2.75) is 12.5 Å². The highest BCUT2D eigenvalue weighted by molar-refractivity contribution is 9.11. The summed E-state index contributed by atoms with van der Waals surface area (Å²) in [6.07, 6.45) is 0.181. The highest BCUT2D eigenvalue weighted by atomic mass is 79.9. The Morgan fingerprint density at radius 2 is 1.71 bits per heavy atom.